The van der Waals surface area contributed by atoms with Gasteiger partial charge in [0.15, 0.2) is 0 Å². The first kappa shape index (κ1) is 15.5. The van der Waals surface area contributed by atoms with E-state index in [0.29, 0.717) is 13.2 Å². The van der Waals surface area contributed by atoms with Crippen LogP contribution in [0.3, 0.4) is 0 Å². The summed E-state index contributed by atoms with van der Waals surface area (Å²) in [7, 11) is 3.59. The Hall–Kier alpha value is -0.880. The van der Waals surface area contributed by atoms with Crippen molar-refractivity contribution in [3.63, 3.8) is 0 Å². The summed E-state index contributed by atoms with van der Waals surface area (Å²) < 4.78 is 8.01. The quantitative estimate of drug-likeness (QED) is 0.861. The van der Waals surface area contributed by atoms with E-state index >= 15 is 0 Å². The highest BCUT2D eigenvalue weighted by atomic mass is 79.9. The minimum absolute atomic E-state index is 0.0302. The van der Waals surface area contributed by atoms with Crippen LogP contribution in [-0.2, 0) is 11.3 Å². The summed E-state index contributed by atoms with van der Waals surface area (Å²) >= 11 is 9.88. The predicted molar refractivity (Wildman–Crippen MR) is 84.2 cm³/mol. The molecule has 1 atom stereocenters. The zero-order valence-corrected chi connectivity index (χ0v) is 13.8. The lowest BCUT2D eigenvalue weighted by Gasteiger charge is -2.20. The molecule has 1 heterocycles. The Morgan fingerprint density at radius 1 is 1.45 bits per heavy atom. The van der Waals surface area contributed by atoms with Gasteiger partial charge in [0.1, 0.15) is 0 Å². The Kier molecular flexibility index (Phi) is 5.60. The molecule has 1 aromatic heterocycles. The van der Waals surface area contributed by atoms with Crippen molar-refractivity contribution in [3.8, 4) is 0 Å². The molecule has 1 N–H and O–H groups in total. The van der Waals surface area contributed by atoms with Gasteiger partial charge in [0.25, 0.3) is 0 Å². The van der Waals surface area contributed by atoms with Gasteiger partial charge in [-0.05, 0) is 34.6 Å². The average Bonchev–Trinajstić information content (AvgIpc) is 2.81. The van der Waals surface area contributed by atoms with Crippen molar-refractivity contribution in [1.29, 1.82) is 0 Å². The molecule has 1 aromatic carbocycles. The molecule has 2 rings (SSSR count). The van der Waals surface area contributed by atoms with Crippen LogP contribution in [0.25, 0.3) is 0 Å². The predicted octanol–water partition coefficient (Wildman–Crippen LogP) is 3.25. The van der Waals surface area contributed by atoms with Gasteiger partial charge in [-0.3, -0.25) is 4.68 Å². The number of hydrogen-bond donors (Lipinski definition) is 1. The van der Waals surface area contributed by atoms with E-state index in [1.807, 2.05) is 36.0 Å². The maximum absolute atomic E-state index is 6.31. The van der Waals surface area contributed by atoms with E-state index in [4.69, 9.17) is 16.3 Å². The van der Waals surface area contributed by atoms with Crippen molar-refractivity contribution in [2.45, 2.75) is 12.6 Å². The number of methoxy groups -OCH3 is 1. The summed E-state index contributed by atoms with van der Waals surface area (Å²) in [6.07, 6.45) is 1.80. The lowest BCUT2D eigenvalue weighted by molar-refractivity contribution is 0.182. The fraction of sp³-hybridized carbons (Fsp3) is 0.357. The number of nitrogens with one attached hydrogen (secondary N) is 1. The van der Waals surface area contributed by atoms with Crippen LogP contribution in [-0.4, -0.2) is 30.5 Å². The topological polar surface area (TPSA) is 39.1 Å². The Morgan fingerprint density at radius 2 is 2.20 bits per heavy atom. The van der Waals surface area contributed by atoms with Crippen LogP contribution >= 0.6 is 27.5 Å². The van der Waals surface area contributed by atoms with Crippen molar-refractivity contribution < 1.29 is 4.74 Å². The van der Waals surface area contributed by atoms with Crippen molar-refractivity contribution in [1.82, 2.24) is 15.1 Å². The van der Waals surface area contributed by atoms with Crippen molar-refractivity contribution >= 4 is 27.5 Å². The summed E-state index contributed by atoms with van der Waals surface area (Å²) in [6.45, 7) is 1.31. The lowest BCUT2D eigenvalue weighted by atomic mass is 10.0. The van der Waals surface area contributed by atoms with E-state index in [2.05, 4.69) is 26.3 Å². The molecule has 1 unspecified atom stereocenters. The summed E-state index contributed by atoms with van der Waals surface area (Å²) in [4.78, 5) is 0. The highest BCUT2D eigenvalue weighted by Crippen LogP contribution is 2.32. The van der Waals surface area contributed by atoms with Crippen molar-refractivity contribution in [3.05, 3.63) is 51.2 Å². The summed E-state index contributed by atoms with van der Waals surface area (Å²) in [6, 6.07) is 7.79. The van der Waals surface area contributed by atoms with Gasteiger partial charge in [-0.1, -0.05) is 29.8 Å². The van der Waals surface area contributed by atoms with E-state index in [-0.39, 0.29) is 6.04 Å². The van der Waals surface area contributed by atoms with E-state index in [1.165, 1.54) is 0 Å². The number of nitrogens with zero attached hydrogens (tertiary/aromatic N) is 2. The molecule has 0 bridgehead atoms. The van der Waals surface area contributed by atoms with Gasteiger partial charge in [-0.25, -0.2) is 0 Å². The van der Waals surface area contributed by atoms with Gasteiger partial charge < -0.3 is 10.1 Å². The number of rotatable bonds is 6. The zero-order chi connectivity index (χ0) is 14.5. The third kappa shape index (κ3) is 3.23. The Bertz CT molecular complexity index is 573. The van der Waals surface area contributed by atoms with E-state index < -0.39 is 0 Å². The Morgan fingerprint density at radius 3 is 2.85 bits per heavy atom. The number of hydrogen-bond acceptors (Lipinski definition) is 3. The third-order valence-corrected chi connectivity index (χ3v) is 4.07. The first-order chi connectivity index (χ1) is 9.69. The van der Waals surface area contributed by atoms with Crippen LogP contribution in [0.4, 0.5) is 0 Å². The summed E-state index contributed by atoms with van der Waals surface area (Å²) in [5.41, 5.74) is 2.06. The Balaban J connectivity index is 2.42. The molecule has 108 valence electrons. The van der Waals surface area contributed by atoms with Crippen LogP contribution in [0, 0.1) is 0 Å². The molecule has 2 aromatic rings. The normalized spacial score (nSPS) is 12.6. The minimum Gasteiger partial charge on any atom is -0.383 e. The van der Waals surface area contributed by atoms with Crippen LogP contribution in [0.2, 0.25) is 5.02 Å². The number of halogens is 2. The SMILES string of the molecule is CNC(c1ccccc1Cl)c1c(Br)cnn1CCOC. The standard InChI is InChI=1S/C14H17BrClN3O/c1-17-13(10-5-3-4-6-12(10)16)14-11(15)9-18-19(14)7-8-20-2/h3-6,9,13,17H,7-8H2,1-2H3. The van der Waals surface area contributed by atoms with Gasteiger partial charge in [-0.15, -0.1) is 0 Å². The monoisotopic (exact) mass is 357 g/mol. The maximum atomic E-state index is 6.31. The van der Waals surface area contributed by atoms with E-state index in [1.54, 1.807) is 13.3 Å². The molecule has 4 nitrogen and oxygen atoms in total. The average molecular weight is 359 g/mol. The molecule has 0 saturated heterocycles. The number of benzene rings is 1. The van der Waals surface area contributed by atoms with E-state index in [0.717, 1.165) is 20.8 Å². The minimum atomic E-state index is -0.0302. The second-order valence-electron chi connectivity index (χ2n) is 4.34. The first-order valence-corrected chi connectivity index (χ1v) is 7.48. The van der Waals surface area contributed by atoms with Gasteiger partial charge in [-0.2, -0.15) is 5.10 Å². The molecule has 0 spiro atoms. The molecule has 0 amide bonds. The smallest absolute Gasteiger partial charge is 0.0771 e. The molecule has 20 heavy (non-hydrogen) atoms. The molecule has 0 aliphatic carbocycles. The van der Waals surface area contributed by atoms with Gasteiger partial charge in [0, 0.05) is 12.1 Å². The fourth-order valence-electron chi connectivity index (χ4n) is 2.16. The van der Waals surface area contributed by atoms with Gasteiger partial charge in [0.2, 0.25) is 0 Å². The molecule has 6 heteroatoms. The third-order valence-electron chi connectivity index (χ3n) is 3.12. The molecule has 0 aliphatic heterocycles. The molecule has 0 fully saturated rings. The first-order valence-electron chi connectivity index (χ1n) is 6.30. The molecular formula is C14H17BrClN3O. The van der Waals surface area contributed by atoms with Crippen LogP contribution in [0.15, 0.2) is 34.9 Å². The summed E-state index contributed by atoms with van der Waals surface area (Å²) in [5, 5.41) is 8.42. The fourth-order valence-corrected chi connectivity index (χ4v) is 2.93. The van der Waals surface area contributed by atoms with Crippen LogP contribution < -0.4 is 5.32 Å². The largest absolute Gasteiger partial charge is 0.383 e. The van der Waals surface area contributed by atoms with Gasteiger partial charge >= 0.3 is 0 Å². The molecule has 0 aliphatic rings. The van der Waals surface area contributed by atoms with Gasteiger partial charge in [0.05, 0.1) is 35.6 Å². The van der Waals surface area contributed by atoms with E-state index in [9.17, 15) is 0 Å². The van der Waals surface area contributed by atoms with Crippen molar-refractivity contribution in [2.24, 2.45) is 0 Å². The van der Waals surface area contributed by atoms with Crippen LogP contribution in [0.5, 0.6) is 0 Å². The second-order valence-corrected chi connectivity index (χ2v) is 5.60. The molecular weight excluding hydrogens is 342 g/mol. The van der Waals surface area contributed by atoms with Crippen molar-refractivity contribution in [2.75, 3.05) is 20.8 Å². The highest BCUT2D eigenvalue weighted by molar-refractivity contribution is 9.10. The molecule has 0 radical (unpaired) electrons. The maximum Gasteiger partial charge on any atom is 0.0771 e. The lowest BCUT2D eigenvalue weighted by Crippen LogP contribution is -2.23. The summed E-state index contributed by atoms with van der Waals surface area (Å²) in [5.74, 6) is 0. The number of aromatic nitrogens is 2. The second kappa shape index (κ2) is 7.22. The zero-order valence-electron chi connectivity index (χ0n) is 11.4. The van der Waals surface area contributed by atoms with Crippen LogP contribution in [0.1, 0.15) is 17.3 Å². The number of ether oxygens (including phenoxy) is 1. The highest BCUT2D eigenvalue weighted by Gasteiger charge is 2.22. The molecule has 0 saturated carbocycles. The Labute approximate surface area is 132 Å².